The minimum atomic E-state index is 0.0455. The Morgan fingerprint density at radius 3 is 2.00 bits per heavy atom. The highest BCUT2D eigenvalue weighted by Gasteiger charge is 2.26. The van der Waals surface area contributed by atoms with Gasteiger partial charge in [0.05, 0.1) is 5.56 Å². The standard InChI is InChI=1S/C30H31N3O2/c34-29(17-9-14-24-10-3-1-4-11-24)31-18-20-32(21-19-31)30(35)27-23-33(22-25-12-5-2-6-13-25)28-16-8-7-15-26(27)28/h1-8,10-13,15-16,23H,9,14,17-22H2. The Kier molecular flexibility index (Phi) is 6.94. The van der Waals surface area contributed by atoms with Crippen LogP contribution in [0.15, 0.2) is 91.1 Å². The third kappa shape index (κ3) is 5.29. The number of hydrogen-bond donors (Lipinski definition) is 0. The average Bonchev–Trinajstić information content (AvgIpc) is 3.28. The maximum absolute atomic E-state index is 13.5. The molecule has 2 heterocycles. The van der Waals surface area contributed by atoms with Crippen molar-refractivity contribution >= 4 is 22.7 Å². The number of rotatable bonds is 7. The first-order valence-electron chi connectivity index (χ1n) is 12.4. The Balaban J connectivity index is 1.21. The Bertz CT molecular complexity index is 1290. The smallest absolute Gasteiger partial charge is 0.256 e. The van der Waals surface area contributed by atoms with Gasteiger partial charge in [-0.25, -0.2) is 0 Å². The molecule has 2 amide bonds. The predicted octanol–water partition coefficient (Wildman–Crippen LogP) is 5.00. The van der Waals surface area contributed by atoms with Crippen molar-refractivity contribution in [2.45, 2.75) is 25.8 Å². The van der Waals surface area contributed by atoms with Crippen LogP contribution in [0, 0.1) is 0 Å². The number of piperazine rings is 1. The fourth-order valence-electron chi connectivity index (χ4n) is 4.90. The van der Waals surface area contributed by atoms with E-state index in [1.54, 1.807) is 0 Å². The molecule has 0 unspecified atom stereocenters. The van der Waals surface area contributed by atoms with Gasteiger partial charge in [0.15, 0.2) is 0 Å². The first-order valence-corrected chi connectivity index (χ1v) is 12.4. The molecule has 0 spiro atoms. The molecule has 5 rings (SSSR count). The van der Waals surface area contributed by atoms with Gasteiger partial charge < -0.3 is 14.4 Å². The van der Waals surface area contributed by atoms with E-state index in [9.17, 15) is 9.59 Å². The van der Waals surface area contributed by atoms with Gasteiger partial charge in [0.2, 0.25) is 5.91 Å². The van der Waals surface area contributed by atoms with Crippen LogP contribution >= 0.6 is 0 Å². The molecular weight excluding hydrogens is 434 g/mol. The normalized spacial score (nSPS) is 13.8. The highest BCUT2D eigenvalue weighted by molar-refractivity contribution is 6.07. The number of para-hydroxylation sites is 1. The van der Waals surface area contributed by atoms with Crippen molar-refractivity contribution in [3.8, 4) is 0 Å². The largest absolute Gasteiger partial charge is 0.342 e. The maximum atomic E-state index is 13.5. The second kappa shape index (κ2) is 10.6. The molecule has 3 aromatic carbocycles. The number of hydrogen-bond acceptors (Lipinski definition) is 2. The van der Waals surface area contributed by atoms with Crippen molar-refractivity contribution in [3.05, 3.63) is 108 Å². The van der Waals surface area contributed by atoms with Crippen LogP contribution in [0.2, 0.25) is 0 Å². The Hall–Kier alpha value is -3.86. The number of amides is 2. The lowest BCUT2D eigenvalue weighted by molar-refractivity contribution is -0.132. The molecular formula is C30H31N3O2. The molecule has 35 heavy (non-hydrogen) atoms. The van der Waals surface area contributed by atoms with Crippen LogP contribution in [0.25, 0.3) is 10.9 Å². The monoisotopic (exact) mass is 465 g/mol. The second-order valence-electron chi connectivity index (χ2n) is 9.19. The van der Waals surface area contributed by atoms with Crippen LogP contribution in [-0.2, 0) is 17.8 Å². The molecule has 5 nitrogen and oxygen atoms in total. The zero-order valence-electron chi connectivity index (χ0n) is 20.0. The van der Waals surface area contributed by atoms with Gasteiger partial charge in [-0.3, -0.25) is 9.59 Å². The van der Waals surface area contributed by atoms with Gasteiger partial charge in [-0.2, -0.15) is 0 Å². The number of carbonyl (C=O) groups is 2. The van der Waals surface area contributed by atoms with Gasteiger partial charge in [-0.15, -0.1) is 0 Å². The Morgan fingerprint density at radius 1 is 0.686 bits per heavy atom. The fourth-order valence-corrected chi connectivity index (χ4v) is 4.90. The van der Waals surface area contributed by atoms with Gasteiger partial charge >= 0.3 is 0 Å². The molecule has 0 bridgehead atoms. The molecule has 178 valence electrons. The van der Waals surface area contributed by atoms with Crippen LogP contribution in [0.5, 0.6) is 0 Å². The molecule has 0 aliphatic carbocycles. The highest BCUT2D eigenvalue weighted by Crippen LogP contribution is 2.24. The van der Waals surface area contributed by atoms with E-state index in [-0.39, 0.29) is 11.8 Å². The number of fused-ring (bicyclic) bond motifs is 1. The van der Waals surface area contributed by atoms with Crippen molar-refractivity contribution in [2.75, 3.05) is 26.2 Å². The van der Waals surface area contributed by atoms with Crippen LogP contribution in [-0.4, -0.2) is 52.4 Å². The van der Waals surface area contributed by atoms with Crippen LogP contribution < -0.4 is 0 Å². The third-order valence-corrected chi connectivity index (χ3v) is 6.83. The summed E-state index contributed by atoms with van der Waals surface area (Å²) in [5, 5.41) is 0.979. The van der Waals surface area contributed by atoms with Gasteiger partial charge in [-0.05, 0) is 30.0 Å². The van der Waals surface area contributed by atoms with E-state index in [0.717, 1.165) is 35.9 Å². The molecule has 1 aliphatic rings. The molecule has 0 saturated carbocycles. The lowest BCUT2D eigenvalue weighted by Crippen LogP contribution is -2.50. The summed E-state index contributed by atoms with van der Waals surface area (Å²) in [5.41, 5.74) is 4.26. The summed E-state index contributed by atoms with van der Waals surface area (Å²) in [6.07, 6.45) is 4.30. The molecule has 0 radical (unpaired) electrons. The molecule has 1 aromatic heterocycles. The Morgan fingerprint density at radius 2 is 1.29 bits per heavy atom. The third-order valence-electron chi connectivity index (χ3n) is 6.83. The van der Waals surface area contributed by atoms with E-state index >= 15 is 0 Å². The summed E-state index contributed by atoms with van der Waals surface area (Å²) in [6, 6.07) is 28.7. The summed E-state index contributed by atoms with van der Waals surface area (Å²) >= 11 is 0. The van der Waals surface area contributed by atoms with Gasteiger partial charge in [0, 0.05) is 56.2 Å². The predicted molar refractivity (Wildman–Crippen MR) is 139 cm³/mol. The lowest BCUT2D eigenvalue weighted by Gasteiger charge is -2.34. The van der Waals surface area contributed by atoms with Crippen molar-refractivity contribution in [3.63, 3.8) is 0 Å². The zero-order chi connectivity index (χ0) is 24.0. The summed E-state index contributed by atoms with van der Waals surface area (Å²) in [7, 11) is 0. The number of aryl methyl sites for hydroxylation is 1. The molecule has 1 saturated heterocycles. The van der Waals surface area contributed by atoms with E-state index in [1.807, 2.05) is 70.6 Å². The van der Waals surface area contributed by atoms with E-state index < -0.39 is 0 Å². The van der Waals surface area contributed by atoms with E-state index in [1.165, 1.54) is 11.1 Å². The summed E-state index contributed by atoms with van der Waals surface area (Å²) in [4.78, 5) is 30.0. The first kappa shape index (κ1) is 22.9. The lowest BCUT2D eigenvalue weighted by atomic mass is 10.1. The average molecular weight is 466 g/mol. The SMILES string of the molecule is O=C(CCCc1ccccc1)N1CCN(C(=O)c2cn(Cc3ccccc3)c3ccccc23)CC1. The number of carbonyl (C=O) groups excluding carboxylic acids is 2. The zero-order valence-corrected chi connectivity index (χ0v) is 20.0. The van der Waals surface area contributed by atoms with E-state index in [0.29, 0.717) is 32.6 Å². The van der Waals surface area contributed by atoms with Gasteiger partial charge in [0.25, 0.3) is 5.91 Å². The van der Waals surface area contributed by atoms with Crippen LogP contribution in [0.1, 0.15) is 34.3 Å². The first-order chi connectivity index (χ1) is 17.2. The molecule has 1 fully saturated rings. The highest BCUT2D eigenvalue weighted by atomic mass is 16.2. The van der Waals surface area contributed by atoms with Crippen LogP contribution in [0.3, 0.4) is 0 Å². The molecule has 4 aromatic rings. The van der Waals surface area contributed by atoms with Crippen molar-refractivity contribution in [2.24, 2.45) is 0 Å². The summed E-state index contributed by atoms with van der Waals surface area (Å²) in [5.74, 6) is 0.233. The van der Waals surface area contributed by atoms with Gasteiger partial charge in [-0.1, -0.05) is 78.9 Å². The topological polar surface area (TPSA) is 45.6 Å². The molecule has 0 atom stereocenters. The van der Waals surface area contributed by atoms with Gasteiger partial charge in [0.1, 0.15) is 0 Å². The van der Waals surface area contributed by atoms with Crippen molar-refractivity contribution < 1.29 is 9.59 Å². The fraction of sp³-hybridized carbons (Fsp3) is 0.267. The second-order valence-corrected chi connectivity index (χ2v) is 9.19. The number of benzene rings is 3. The number of aromatic nitrogens is 1. The Labute approximate surface area is 206 Å². The van der Waals surface area contributed by atoms with Crippen molar-refractivity contribution in [1.82, 2.24) is 14.4 Å². The minimum absolute atomic E-state index is 0.0455. The number of nitrogens with zero attached hydrogens (tertiary/aromatic N) is 3. The quantitative estimate of drug-likeness (QED) is 0.386. The van der Waals surface area contributed by atoms with Crippen LogP contribution in [0.4, 0.5) is 0 Å². The molecule has 0 N–H and O–H groups in total. The minimum Gasteiger partial charge on any atom is -0.342 e. The molecule has 5 heteroatoms. The van der Waals surface area contributed by atoms with E-state index in [4.69, 9.17) is 0 Å². The summed E-state index contributed by atoms with van der Waals surface area (Å²) in [6.45, 7) is 3.06. The van der Waals surface area contributed by atoms with Crippen molar-refractivity contribution in [1.29, 1.82) is 0 Å². The van der Waals surface area contributed by atoms with E-state index in [2.05, 4.69) is 34.9 Å². The summed E-state index contributed by atoms with van der Waals surface area (Å²) < 4.78 is 2.16. The molecule has 1 aliphatic heterocycles. The maximum Gasteiger partial charge on any atom is 0.256 e.